The molecule has 0 bridgehead atoms. The number of hydrogen-bond donors (Lipinski definition) is 0. The molecule has 11 heteroatoms. The lowest BCUT2D eigenvalue weighted by Crippen LogP contribution is -2.32. The second-order valence-electron chi connectivity index (χ2n) is 4.75. The van der Waals surface area contributed by atoms with Crippen LogP contribution in [0.15, 0.2) is 40.6 Å². The predicted octanol–water partition coefficient (Wildman–Crippen LogP) is 2.11. The van der Waals surface area contributed by atoms with Gasteiger partial charge in [-0.25, -0.2) is 13.2 Å². The van der Waals surface area contributed by atoms with Crippen molar-refractivity contribution in [3.05, 3.63) is 51.7 Å². The highest BCUT2D eigenvalue weighted by Gasteiger charge is 2.40. The summed E-state index contributed by atoms with van der Waals surface area (Å²) in [6.07, 6.45) is 0. The number of imide groups is 1. The summed E-state index contributed by atoms with van der Waals surface area (Å²) in [7, 11) is -5.04. The average Bonchev–Trinajstić information content (AvgIpc) is 3.16. The zero-order valence-corrected chi connectivity index (χ0v) is 13.6. The van der Waals surface area contributed by atoms with Gasteiger partial charge in [-0.05, 0) is 23.6 Å². The van der Waals surface area contributed by atoms with Gasteiger partial charge < -0.3 is 4.84 Å². The molecule has 0 atom stereocenters. The first-order valence-corrected chi connectivity index (χ1v) is 8.97. The highest BCUT2D eigenvalue weighted by molar-refractivity contribution is 7.92. The van der Waals surface area contributed by atoms with E-state index in [1.807, 2.05) is 0 Å². The van der Waals surface area contributed by atoms with E-state index in [1.165, 1.54) is 24.3 Å². The molecular weight excluding hydrogens is 380 g/mol. The van der Waals surface area contributed by atoms with Crippen molar-refractivity contribution >= 4 is 39.0 Å². The standard InChI is InChI=1S/C14H7F2NO6S2/c15-14(16)25(21,22)9-5-6-24-10(9)13(20)23-17-11(18)7-3-1-2-4-8(7)12(17)19/h1-6,14H. The molecular formula is C14H7F2NO6S2. The van der Waals surface area contributed by atoms with E-state index in [-0.39, 0.29) is 16.2 Å². The minimum Gasteiger partial charge on any atom is -0.323 e. The van der Waals surface area contributed by atoms with Gasteiger partial charge in [-0.3, -0.25) is 9.59 Å². The molecule has 3 rings (SSSR count). The third-order valence-electron chi connectivity index (χ3n) is 3.29. The summed E-state index contributed by atoms with van der Waals surface area (Å²) >= 11 is 0.535. The molecule has 0 N–H and O–H groups in total. The van der Waals surface area contributed by atoms with Gasteiger partial charge in [0.05, 0.1) is 16.0 Å². The molecule has 0 spiro atoms. The predicted molar refractivity (Wildman–Crippen MR) is 79.9 cm³/mol. The summed E-state index contributed by atoms with van der Waals surface area (Å²) < 4.78 is 48.5. The number of hydroxylamine groups is 2. The van der Waals surface area contributed by atoms with Crippen LogP contribution in [0.2, 0.25) is 0 Å². The Morgan fingerprint density at radius 3 is 2.16 bits per heavy atom. The molecule has 130 valence electrons. The number of carbonyl (C=O) groups is 3. The Hall–Kier alpha value is -2.66. The Morgan fingerprint density at radius 2 is 1.64 bits per heavy atom. The number of alkyl halides is 2. The number of halogens is 2. The van der Waals surface area contributed by atoms with Crippen molar-refractivity contribution in [1.82, 2.24) is 5.06 Å². The number of thiophene rings is 1. The first-order valence-electron chi connectivity index (χ1n) is 6.55. The van der Waals surface area contributed by atoms with Crippen LogP contribution in [0.4, 0.5) is 8.78 Å². The molecule has 0 saturated carbocycles. The lowest BCUT2D eigenvalue weighted by molar-refractivity contribution is -0.0583. The summed E-state index contributed by atoms with van der Waals surface area (Å²) in [5, 5.41) is 1.28. The average molecular weight is 387 g/mol. The molecule has 2 amide bonds. The van der Waals surface area contributed by atoms with E-state index in [4.69, 9.17) is 0 Å². The number of nitrogens with zero attached hydrogens (tertiary/aromatic N) is 1. The van der Waals surface area contributed by atoms with Gasteiger partial charge in [0.2, 0.25) is 9.84 Å². The Morgan fingerprint density at radius 1 is 1.08 bits per heavy atom. The number of benzene rings is 1. The van der Waals surface area contributed by atoms with Crippen LogP contribution in [0.1, 0.15) is 30.4 Å². The minimum absolute atomic E-state index is 0.00639. The first kappa shape index (κ1) is 17.2. The molecule has 0 radical (unpaired) electrons. The van der Waals surface area contributed by atoms with Gasteiger partial charge in [0.25, 0.3) is 11.8 Å². The van der Waals surface area contributed by atoms with Gasteiger partial charge in [-0.15, -0.1) is 11.3 Å². The second kappa shape index (κ2) is 6.01. The molecule has 1 aliphatic rings. The van der Waals surface area contributed by atoms with Crippen LogP contribution in [0.3, 0.4) is 0 Å². The molecule has 1 aromatic carbocycles. The summed E-state index contributed by atoms with van der Waals surface area (Å²) in [6, 6.07) is 6.53. The van der Waals surface area contributed by atoms with Crippen molar-refractivity contribution in [3.8, 4) is 0 Å². The van der Waals surface area contributed by atoms with Gasteiger partial charge in [-0.2, -0.15) is 8.78 Å². The zero-order chi connectivity index (χ0) is 18.4. The summed E-state index contributed by atoms with van der Waals surface area (Å²) in [6.45, 7) is 0. The Balaban J connectivity index is 1.90. The minimum atomic E-state index is -5.04. The summed E-state index contributed by atoms with van der Waals surface area (Å²) in [4.78, 5) is 39.4. The molecule has 25 heavy (non-hydrogen) atoms. The van der Waals surface area contributed by atoms with Crippen LogP contribution in [0.25, 0.3) is 0 Å². The van der Waals surface area contributed by atoms with Gasteiger partial charge in [-0.1, -0.05) is 17.2 Å². The number of amides is 2. The molecule has 0 unspecified atom stereocenters. The van der Waals surface area contributed by atoms with E-state index in [1.54, 1.807) is 0 Å². The van der Waals surface area contributed by atoms with E-state index in [2.05, 4.69) is 4.84 Å². The van der Waals surface area contributed by atoms with Gasteiger partial charge in [0.1, 0.15) is 4.88 Å². The SMILES string of the molecule is O=C(ON1C(=O)c2ccccc2C1=O)c1sccc1S(=O)(=O)C(F)F. The highest BCUT2D eigenvalue weighted by Crippen LogP contribution is 2.29. The lowest BCUT2D eigenvalue weighted by Gasteiger charge is -2.12. The van der Waals surface area contributed by atoms with Crippen LogP contribution in [0, 0.1) is 0 Å². The Kier molecular flexibility index (Phi) is 4.13. The number of hydrogen-bond acceptors (Lipinski definition) is 7. The summed E-state index contributed by atoms with van der Waals surface area (Å²) in [5.41, 5.74) is 0.0128. The molecule has 1 aromatic heterocycles. The number of fused-ring (bicyclic) bond motifs is 1. The van der Waals surface area contributed by atoms with Gasteiger partial charge in [0.15, 0.2) is 0 Å². The number of rotatable bonds is 4. The number of sulfone groups is 1. The maximum Gasteiger partial charge on any atom is 0.375 e. The van der Waals surface area contributed by atoms with Crippen LogP contribution in [0.5, 0.6) is 0 Å². The van der Waals surface area contributed by atoms with Crippen molar-refractivity contribution < 1.29 is 36.4 Å². The topological polar surface area (TPSA) is 97.8 Å². The van der Waals surface area contributed by atoms with Crippen LogP contribution in [-0.2, 0) is 14.7 Å². The molecule has 7 nitrogen and oxygen atoms in total. The van der Waals surface area contributed by atoms with Crippen LogP contribution >= 0.6 is 11.3 Å². The third kappa shape index (κ3) is 2.70. The Bertz CT molecular complexity index is 963. The third-order valence-corrected chi connectivity index (χ3v) is 5.73. The number of carbonyl (C=O) groups excluding carboxylic acids is 3. The molecule has 0 fully saturated rings. The van der Waals surface area contributed by atoms with Crippen LogP contribution < -0.4 is 0 Å². The molecule has 2 aromatic rings. The fourth-order valence-corrected chi connectivity index (χ4v) is 4.17. The quantitative estimate of drug-likeness (QED) is 0.746. The normalized spacial score (nSPS) is 14.1. The molecule has 0 aliphatic carbocycles. The van der Waals surface area contributed by atoms with E-state index in [0.717, 1.165) is 11.4 Å². The van der Waals surface area contributed by atoms with Crippen molar-refractivity contribution in [3.63, 3.8) is 0 Å². The van der Waals surface area contributed by atoms with Crippen molar-refractivity contribution in [2.45, 2.75) is 10.7 Å². The fourth-order valence-electron chi connectivity index (χ4n) is 2.14. The largest absolute Gasteiger partial charge is 0.375 e. The van der Waals surface area contributed by atoms with E-state index in [0.29, 0.717) is 11.3 Å². The monoisotopic (exact) mass is 387 g/mol. The maximum atomic E-state index is 12.7. The summed E-state index contributed by atoms with van der Waals surface area (Å²) in [5.74, 6) is -6.95. The fraction of sp³-hybridized carbons (Fsp3) is 0.0714. The lowest BCUT2D eigenvalue weighted by atomic mass is 10.1. The maximum absolute atomic E-state index is 12.7. The van der Waals surface area contributed by atoms with Gasteiger partial charge in [0, 0.05) is 0 Å². The van der Waals surface area contributed by atoms with E-state index in [9.17, 15) is 31.6 Å². The second-order valence-corrected chi connectivity index (χ2v) is 7.55. The molecule has 1 aliphatic heterocycles. The van der Waals surface area contributed by atoms with E-state index < -0.39 is 43.2 Å². The van der Waals surface area contributed by atoms with Crippen LogP contribution in [-0.4, -0.2) is 37.0 Å². The first-order chi connectivity index (χ1) is 11.7. The smallest absolute Gasteiger partial charge is 0.323 e. The van der Waals surface area contributed by atoms with Crippen molar-refractivity contribution in [2.75, 3.05) is 0 Å². The van der Waals surface area contributed by atoms with Crippen molar-refractivity contribution in [1.29, 1.82) is 0 Å². The highest BCUT2D eigenvalue weighted by atomic mass is 32.2. The zero-order valence-electron chi connectivity index (χ0n) is 12.0. The molecule has 2 heterocycles. The van der Waals surface area contributed by atoms with E-state index >= 15 is 0 Å². The van der Waals surface area contributed by atoms with Crippen molar-refractivity contribution in [2.24, 2.45) is 0 Å². The van der Waals surface area contributed by atoms with Gasteiger partial charge >= 0.3 is 11.7 Å². The molecule has 0 saturated heterocycles. The Labute approximate surface area is 143 Å².